The summed E-state index contributed by atoms with van der Waals surface area (Å²) in [6.45, 7) is 0. The van der Waals surface area contributed by atoms with E-state index in [0.29, 0.717) is 0 Å². The van der Waals surface area contributed by atoms with Crippen molar-refractivity contribution < 1.29 is 46.1 Å². The van der Waals surface area contributed by atoms with Gasteiger partial charge in [-0.2, -0.15) is 0 Å². The number of rotatable bonds is 9. The van der Waals surface area contributed by atoms with Crippen LogP contribution < -0.4 is 0 Å². The molecule has 0 aromatic heterocycles. The average molecular weight is 310 g/mol. The minimum Gasteiger partial charge on any atom is -0.481 e. The second kappa shape index (κ2) is 7.95. The minimum atomic E-state index is -3.53. The highest BCUT2D eigenvalue weighted by Gasteiger charge is 2.45. The number of halogens is 6. The van der Waals surface area contributed by atoms with Crippen molar-refractivity contribution in [2.75, 3.05) is 0 Å². The predicted molar refractivity (Wildman–Crippen MR) is 53.9 cm³/mol. The van der Waals surface area contributed by atoms with Crippen LogP contribution in [0.25, 0.3) is 0 Å². The Labute approximate surface area is 109 Å². The fourth-order valence-corrected chi connectivity index (χ4v) is 1.27. The first kappa shape index (κ1) is 18.5. The van der Waals surface area contributed by atoms with E-state index in [1.807, 2.05) is 0 Å². The Morgan fingerprint density at radius 3 is 1.65 bits per heavy atom. The molecule has 0 heterocycles. The molecule has 0 radical (unpaired) electrons. The van der Waals surface area contributed by atoms with Gasteiger partial charge in [0.05, 0.1) is 0 Å². The average Bonchev–Trinajstić information content (AvgIpc) is 2.40. The number of aliphatic carboxylic acids is 2. The monoisotopic (exact) mass is 310 g/mol. The lowest BCUT2D eigenvalue weighted by Crippen LogP contribution is -2.44. The summed E-state index contributed by atoms with van der Waals surface area (Å²) in [5, 5.41) is 16.2. The number of carboxylic acid groups (broad SMARTS) is 2. The third-order valence-corrected chi connectivity index (χ3v) is 2.41. The maximum Gasteiger partial charge on any atom is 0.341 e. The molecular weight excluding hydrogens is 298 g/mol. The number of alkyl halides is 6. The summed E-state index contributed by atoms with van der Waals surface area (Å²) in [6, 6.07) is 0. The zero-order valence-corrected chi connectivity index (χ0v) is 9.86. The Morgan fingerprint density at radius 2 is 1.25 bits per heavy atom. The van der Waals surface area contributed by atoms with Crippen LogP contribution in [0.1, 0.15) is 12.8 Å². The van der Waals surface area contributed by atoms with E-state index in [9.17, 15) is 35.9 Å². The fraction of sp³-hybridized carbons (Fsp3) is 0.800. The van der Waals surface area contributed by atoms with Gasteiger partial charge in [0.15, 0.2) is 24.7 Å². The van der Waals surface area contributed by atoms with Crippen LogP contribution in [-0.2, 0) is 9.59 Å². The first-order valence-corrected chi connectivity index (χ1v) is 5.38. The van der Waals surface area contributed by atoms with Crippen LogP contribution in [0.5, 0.6) is 0 Å². The molecular formula is C10H12F6O4. The Kier molecular flexibility index (Phi) is 7.36. The van der Waals surface area contributed by atoms with E-state index in [2.05, 4.69) is 0 Å². The van der Waals surface area contributed by atoms with Gasteiger partial charge in [-0.3, -0.25) is 4.79 Å². The van der Waals surface area contributed by atoms with Crippen LogP contribution in [0.4, 0.5) is 26.3 Å². The van der Waals surface area contributed by atoms with Gasteiger partial charge in [-0.15, -0.1) is 0 Å². The van der Waals surface area contributed by atoms with Crippen molar-refractivity contribution >= 4 is 11.9 Å². The zero-order valence-electron chi connectivity index (χ0n) is 9.86. The Bertz CT molecular complexity index is 342. The van der Waals surface area contributed by atoms with Crippen LogP contribution in [0.2, 0.25) is 0 Å². The van der Waals surface area contributed by atoms with Crippen LogP contribution >= 0.6 is 0 Å². The molecule has 118 valence electrons. The maximum atomic E-state index is 13.1. The topological polar surface area (TPSA) is 74.6 Å². The molecule has 0 aliphatic carbocycles. The minimum absolute atomic E-state index is 0.870. The largest absolute Gasteiger partial charge is 0.481 e. The Hall–Kier alpha value is -1.48. The molecule has 0 saturated carbocycles. The Morgan fingerprint density at radius 1 is 0.800 bits per heavy atom. The first-order chi connectivity index (χ1) is 9.09. The second-order valence-electron chi connectivity index (χ2n) is 3.97. The smallest absolute Gasteiger partial charge is 0.341 e. The molecule has 0 spiro atoms. The fourth-order valence-electron chi connectivity index (χ4n) is 1.27. The van der Waals surface area contributed by atoms with Gasteiger partial charge in [-0.05, 0) is 6.42 Å². The van der Waals surface area contributed by atoms with Crippen molar-refractivity contribution in [1.82, 2.24) is 0 Å². The van der Waals surface area contributed by atoms with Crippen molar-refractivity contribution in [2.45, 2.75) is 49.9 Å². The van der Waals surface area contributed by atoms with Gasteiger partial charge in [0.1, 0.15) is 6.17 Å². The zero-order chi connectivity index (χ0) is 16.0. The van der Waals surface area contributed by atoms with E-state index in [-0.39, 0.29) is 0 Å². The molecule has 0 rings (SSSR count). The lowest BCUT2D eigenvalue weighted by atomic mass is 9.99. The number of carbonyl (C=O) groups is 2. The van der Waals surface area contributed by atoms with Crippen LogP contribution in [0.3, 0.4) is 0 Å². The lowest BCUT2D eigenvalue weighted by Gasteiger charge is -2.22. The van der Waals surface area contributed by atoms with Gasteiger partial charge in [-0.1, -0.05) is 0 Å². The molecule has 6 unspecified atom stereocenters. The molecule has 0 fully saturated rings. The van der Waals surface area contributed by atoms with Crippen molar-refractivity contribution in [2.24, 2.45) is 0 Å². The molecule has 0 aromatic rings. The molecule has 2 N–H and O–H groups in total. The molecule has 4 nitrogen and oxygen atoms in total. The van der Waals surface area contributed by atoms with E-state index in [0.717, 1.165) is 0 Å². The first-order valence-electron chi connectivity index (χ1n) is 5.38. The highest BCUT2D eigenvalue weighted by Crippen LogP contribution is 2.25. The van der Waals surface area contributed by atoms with Gasteiger partial charge < -0.3 is 10.2 Å². The highest BCUT2D eigenvalue weighted by atomic mass is 19.2. The number of hydrogen-bond donors (Lipinski definition) is 2. The van der Waals surface area contributed by atoms with Crippen molar-refractivity contribution in [3.05, 3.63) is 0 Å². The van der Waals surface area contributed by atoms with Gasteiger partial charge in [0.2, 0.25) is 6.17 Å². The van der Waals surface area contributed by atoms with Crippen LogP contribution in [0.15, 0.2) is 0 Å². The van der Waals surface area contributed by atoms with Crippen molar-refractivity contribution in [3.63, 3.8) is 0 Å². The molecule has 20 heavy (non-hydrogen) atoms. The molecule has 10 heteroatoms. The summed E-state index contributed by atoms with van der Waals surface area (Å²) in [4.78, 5) is 20.1. The number of carboxylic acids is 2. The van der Waals surface area contributed by atoms with E-state index < -0.39 is 61.8 Å². The lowest BCUT2D eigenvalue weighted by molar-refractivity contribution is -0.148. The normalized spacial score (nSPS) is 20.5. The standard InChI is InChI=1S/C10H12F6O4/c11-3(1-2-4(17)18)5(12)6(13)7(14)8(15)9(16)10(19)20/h3,5-9H,1-2H2,(H,17,18)(H,19,20). The van der Waals surface area contributed by atoms with Gasteiger partial charge >= 0.3 is 11.9 Å². The quantitative estimate of drug-likeness (QED) is 0.639. The highest BCUT2D eigenvalue weighted by molar-refractivity contribution is 5.73. The van der Waals surface area contributed by atoms with Crippen LogP contribution in [0, 0.1) is 0 Å². The predicted octanol–water partition coefficient (Wildman–Crippen LogP) is 1.96. The van der Waals surface area contributed by atoms with Crippen LogP contribution in [-0.4, -0.2) is 59.2 Å². The molecule has 6 atom stereocenters. The Balaban J connectivity index is 4.58. The molecule has 0 aliphatic heterocycles. The van der Waals surface area contributed by atoms with E-state index in [1.165, 1.54) is 0 Å². The molecule has 0 bridgehead atoms. The summed E-state index contributed by atoms with van der Waals surface area (Å²) >= 11 is 0. The maximum absolute atomic E-state index is 13.1. The van der Waals surface area contributed by atoms with E-state index in [4.69, 9.17) is 10.2 Å². The molecule has 0 aliphatic rings. The number of hydrogen-bond acceptors (Lipinski definition) is 2. The molecule has 0 aromatic carbocycles. The van der Waals surface area contributed by atoms with Gasteiger partial charge in [-0.25, -0.2) is 31.1 Å². The molecule has 0 amide bonds. The molecule has 0 saturated heterocycles. The summed E-state index contributed by atoms with van der Waals surface area (Å²) in [6.07, 6.45) is -21.7. The summed E-state index contributed by atoms with van der Waals surface area (Å²) in [7, 11) is 0. The van der Waals surface area contributed by atoms with Gasteiger partial charge in [0, 0.05) is 6.42 Å². The summed E-state index contributed by atoms with van der Waals surface area (Å²) < 4.78 is 77.7. The van der Waals surface area contributed by atoms with Gasteiger partial charge in [0.25, 0.3) is 0 Å². The third-order valence-electron chi connectivity index (χ3n) is 2.41. The van der Waals surface area contributed by atoms with Crippen molar-refractivity contribution in [1.29, 1.82) is 0 Å². The second-order valence-corrected chi connectivity index (χ2v) is 3.97. The third kappa shape index (κ3) is 5.25. The van der Waals surface area contributed by atoms with Crippen molar-refractivity contribution in [3.8, 4) is 0 Å². The van der Waals surface area contributed by atoms with E-state index >= 15 is 0 Å². The summed E-state index contributed by atoms with van der Waals surface area (Å²) in [5.41, 5.74) is 0. The van der Waals surface area contributed by atoms with E-state index in [1.54, 1.807) is 0 Å². The SMILES string of the molecule is O=C(O)CCC(F)C(F)C(F)C(F)C(F)C(F)C(=O)O. The summed E-state index contributed by atoms with van der Waals surface area (Å²) in [5.74, 6) is -3.92.